The Morgan fingerprint density at radius 2 is 2.32 bits per heavy atom. The van der Waals surface area contributed by atoms with E-state index in [0.29, 0.717) is 16.8 Å². The number of rotatable bonds is 3. The smallest absolute Gasteiger partial charge is 0.339 e. The van der Waals surface area contributed by atoms with Crippen molar-refractivity contribution in [2.45, 2.75) is 13.5 Å². The van der Waals surface area contributed by atoms with Gasteiger partial charge in [-0.25, -0.2) is 9.18 Å². The van der Waals surface area contributed by atoms with E-state index in [1.165, 1.54) is 29.1 Å². The normalized spacial score (nSPS) is 10.2. The van der Waals surface area contributed by atoms with E-state index in [4.69, 9.17) is 10.4 Å². The zero-order chi connectivity index (χ0) is 14.0. The van der Waals surface area contributed by atoms with Crippen LogP contribution in [0.25, 0.3) is 0 Å². The van der Waals surface area contributed by atoms with Gasteiger partial charge in [-0.2, -0.15) is 10.4 Å². The van der Waals surface area contributed by atoms with E-state index in [0.717, 1.165) is 0 Å². The number of carboxylic acids is 1. The van der Waals surface area contributed by atoms with E-state index in [1.54, 1.807) is 6.92 Å². The number of hydrogen-bond donors (Lipinski definition) is 1. The van der Waals surface area contributed by atoms with E-state index >= 15 is 0 Å². The summed E-state index contributed by atoms with van der Waals surface area (Å²) in [6.45, 7) is 1.65. The molecule has 0 aliphatic heterocycles. The van der Waals surface area contributed by atoms with Gasteiger partial charge in [0, 0.05) is 11.8 Å². The maximum atomic E-state index is 13.6. The van der Waals surface area contributed by atoms with Crippen LogP contribution in [0.5, 0.6) is 0 Å². The molecule has 0 saturated heterocycles. The summed E-state index contributed by atoms with van der Waals surface area (Å²) in [5.74, 6) is -1.53. The van der Waals surface area contributed by atoms with Crippen LogP contribution < -0.4 is 0 Å². The summed E-state index contributed by atoms with van der Waals surface area (Å²) < 4.78 is 14.9. The highest BCUT2D eigenvalue weighted by Crippen LogP contribution is 2.13. The first-order chi connectivity index (χ1) is 9.01. The third kappa shape index (κ3) is 2.60. The summed E-state index contributed by atoms with van der Waals surface area (Å²) in [6.07, 6.45) is 1.34. The molecule has 19 heavy (non-hydrogen) atoms. The van der Waals surface area contributed by atoms with E-state index in [-0.39, 0.29) is 12.1 Å². The highest BCUT2D eigenvalue weighted by Gasteiger charge is 2.13. The fraction of sp³-hybridized carbons (Fsp3) is 0.154. The van der Waals surface area contributed by atoms with Crippen molar-refractivity contribution >= 4 is 5.97 Å². The SMILES string of the molecule is Cc1nn(Cc2cc(C#N)ccc2F)cc1C(=O)O. The summed E-state index contributed by atoms with van der Waals surface area (Å²) in [5.41, 5.74) is 1.08. The molecule has 0 spiro atoms. The lowest BCUT2D eigenvalue weighted by molar-refractivity contribution is 0.0696. The average molecular weight is 259 g/mol. The third-order valence-electron chi connectivity index (χ3n) is 2.68. The summed E-state index contributed by atoms with van der Waals surface area (Å²) in [7, 11) is 0. The maximum Gasteiger partial charge on any atom is 0.339 e. The van der Waals surface area contributed by atoms with E-state index in [9.17, 15) is 9.18 Å². The number of benzene rings is 1. The lowest BCUT2D eigenvalue weighted by atomic mass is 10.1. The summed E-state index contributed by atoms with van der Waals surface area (Å²) in [5, 5.41) is 21.7. The lowest BCUT2D eigenvalue weighted by Gasteiger charge is -2.03. The van der Waals surface area contributed by atoms with Gasteiger partial charge in [0.25, 0.3) is 0 Å². The first-order valence-electron chi connectivity index (χ1n) is 5.47. The Bertz CT molecular complexity index is 686. The molecule has 0 bridgehead atoms. The predicted octanol–water partition coefficient (Wildman–Crippen LogP) is 1.95. The van der Waals surface area contributed by atoms with Crippen molar-refractivity contribution in [2.75, 3.05) is 0 Å². The third-order valence-corrected chi connectivity index (χ3v) is 2.68. The van der Waals surface area contributed by atoms with Gasteiger partial charge in [0.05, 0.1) is 23.9 Å². The van der Waals surface area contributed by atoms with Crippen LogP contribution in [0.2, 0.25) is 0 Å². The van der Waals surface area contributed by atoms with E-state index in [2.05, 4.69) is 5.10 Å². The van der Waals surface area contributed by atoms with Crippen molar-refractivity contribution in [1.82, 2.24) is 9.78 Å². The van der Waals surface area contributed by atoms with Crippen molar-refractivity contribution < 1.29 is 14.3 Å². The number of aromatic nitrogens is 2. The first-order valence-corrected chi connectivity index (χ1v) is 5.47. The minimum atomic E-state index is -1.07. The molecule has 1 aromatic carbocycles. The molecule has 0 saturated carbocycles. The molecular formula is C13H10FN3O2. The topological polar surface area (TPSA) is 78.9 Å². The van der Waals surface area contributed by atoms with E-state index < -0.39 is 11.8 Å². The van der Waals surface area contributed by atoms with Gasteiger partial charge in [0.15, 0.2) is 0 Å². The number of aromatic carboxylic acids is 1. The Morgan fingerprint density at radius 3 is 2.89 bits per heavy atom. The highest BCUT2D eigenvalue weighted by molar-refractivity contribution is 5.88. The summed E-state index contributed by atoms with van der Waals surface area (Å²) in [4.78, 5) is 10.9. The van der Waals surface area contributed by atoms with Crippen molar-refractivity contribution in [3.05, 3.63) is 52.6 Å². The van der Waals surface area contributed by atoms with Crippen LogP contribution in [-0.4, -0.2) is 20.9 Å². The monoisotopic (exact) mass is 259 g/mol. The Labute approximate surface area is 108 Å². The van der Waals surface area contributed by atoms with Crippen LogP contribution in [0, 0.1) is 24.1 Å². The quantitative estimate of drug-likeness (QED) is 0.913. The minimum absolute atomic E-state index is 0.0788. The Morgan fingerprint density at radius 1 is 1.58 bits per heavy atom. The Hall–Kier alpha value is -2.68. The number of aryl methyl sites for hydroxylation is 1. The molecule has 5 nitrogen and oxygen atoms in total. The van der Waals surface area contributed by atoms with Crippen molar-refractivity contribution in [3.8, 4) is 6.07 Å². The molecule has 0 amide bonds. The van der Waals surface area contributed by atoms with Crippen LogP contribution in [0.1, 0.15) is 27.2 Å². The largest absolute Gasteiger partial charge is 0.478 e. The summed E-state index contributed by atoms with van der Waals surface area (Å²) >= 11 is 0. The predicted molar refractivity (Wildman–Crippen MR) is 64.1 cm³/mol. The zero-order valence-corrected chi connectivity index (χ0v) is 10.1. The molecule has 0 fully saturated rings. The van der Waals surface area contributed by atoms with Crippen LogP contribution in [0.3, 0.4) is 0 Å². The number of carboxylic acid groups (broad SMARTS) is 1. The van der Waals surface area contributed by atoms with Gasteiger partial charge in [-0.1, -0.05) is 0 Å². The van der Waals surface area contributed by atoms with Crippen LogP contribution in [-0.2, 0) is 6.54 Å². The number of carbonyl (C=O) groups is 1. The fourth-order valence-electron chi connectivity index (χ4n) is 1.75. The second-order valence-corrected chi connectivity index (χ2v) is 4.05. The molecule has 0 unspecified atom stereocenters. The number of hydrogen-bond acceptors (Lipinski definition) is 3. The number of nitrogens with zero attached hydrogens (tertiary/aromatic N) is 3. The first kappa shape index (κ1) is 12.8. The average Bonchev–Trinajstić information content (AvgIpc) is 2.73. The van der Waals surface area contributed by atoms with Crippen molar-refractivity contribution in [3.63, 3.8) is 0 Å². The zero-order valence-electron chi connectivity index (χ0n) is 10.1. The molecule has 1 N–H and O–H groups in total. The summed E-state index contributed by atoms with van der Waals surface area (Å²) in [6, 6.07) is 5.94. The maximum absolute atomic E-state index is 13.6. The molecular weight excluding hydrogens is 249 g/mol. The second-order valence-electron chi connectivity index (χ2n) is 4.05. The lowest BCUT2D eigenvalue weighted by Crippen LogP contribution is -2.03. The number of halogens is 1. The van der Waals surface area contributed by atoms with E-state index in [1.807, 2.05) is 6.07 Å². The molecule has 2 aromatic rings. The molecule has 0 radical (unpaired) electrons. The van der Waals surface area contributed by atoms with Gasteiger partial charge in [0.1, 0.15) is 11.4 Å². The molecule has 1 heterocycles. The van der Waals surface area contributed by atoms with Crippen molar-refractivity contribution in [1.29, 1.82) is 5.26 Å². The standard InChI is InChI=1S/C13H10FN3O2/c1-8-11(13(18)19)7-17(16-8)6-10-4-9(5-15)2-3-12(10)14/h2-4,7H,6H2,1H3,(H,18,19). The molecule has 2 rings (SSSR count). The molecule has 96 valence electrons. The van der Waals surface area contributed by atoms with Crippen molar-refractivity contribution in [2.24, 2.45) is 0 Å². The van der Waals surface area contributed by atoms with Gasteiger partial charge < -0.3 is 5.11 Å². The van der Waals surface area contributed by atoms with Crippen LogP contribution in [0.4, 0.5) is 4.39 Å². The Kier molecular flexibility index (Phi) is 3.29. The van der Waals surface area contributed by atoms with Gasteiger partial charge in [-0.3, -0.25) is 4.68 Å². The number of nitriles is 1. The van der Waals surface area contributed by atoms with Gasteiger partial charge in [0.2, 0.25) is 0 Å². The van der Waals surface area contributed by atoms with Crippen LogP contribution in [0.15, 0.2) is 24.4 Å². The highest BCUT2D eigenvalue weighted by atomic mass is 19.1. The Balaban J connectivity index is 2.34. The van der Waals surface area contributed by atoms with Crippen LogP contribution >= 0.6 is 0 Å². The second kappa shape index (κ2) is 4.90. The minimum Gasteiger partial charge on any atom is -0.478 e. The molecule has 6 heteroatoms. The van der Waals surface area contributed by atoms with Gasteiger partial charge >= 0.3 is 5.97 Å². The molecule has 1 aromatic heterocycles. The molecule has 0 atom stereocenters. The molecule has 0 aliphatic rings. The fourth-order valence-corrected chi connectivity index (χ4v) is 1.75. The molecule has 0 aliphatic carbocycles. The van der Waals surface area contributed by atoms with Gasteiger partial charge in [-0.15, -0.1) is 0 Å². The van der Waals surface area contributed by atoms with Gasteiger partial charge in [-0.05, 0) is 25.1 Å².